The van der Waals surface area contributed by atoms with E-state index in [1.807, 2.05) is 30.3 Å². The first-order valence-electron chi connectivity index (χ1n) is 23.2. The molecule has 0 amide bonds. The molecule has 222 valence electrons. The molecule has 0 saturated carbocycles. The Morgan fingerprint density at radius 2 is 0.872 bits per heavy atom. The van der Waals surface area contributed by atoms with Gasteiger partial charge in [0, 0.05) is 17.1 Å². The van der Waals surface area contributed by atoms with Crippen LogP contribution in [0.4, 0.5) is 17.1 Å². The second-order valence-corrected chi connectivity index (χ2v) is 10.5. The standard InChI is InChI=1S/C46H33N/c1-3-11-34(12-4-1)36-21-23-37(24-22-36)39-27-31-43(32-28-39)47(42-29-25-38(26-30-42)35-13-5-2-6-14-35)44-18-9-17-41(33-44)46-20-10-16-40-15-7-8-19-45(40)46/h1-33H/i2D,5D,6D,9D,13D,14D,17D,18D,25D,26D,27D,28D,29D,30D,31D,32D,33D. The van der Waals surface area contributed by atoms with Gasteiger partial charge in [0.05, 0.1) is 23.3 Å². The summed E-state index contributed by atoms with van der Waals surface area (Å²) in [6, 6.07) is 15.0. The molecule has 0 saturated heterocycles. The molecule has 0 heterocycles. The topological polar surface area (TPSA) is 3.24 Å². The van der Waals surface area contributed by atoms with Crippen molar-refractivity contribution in [2.45, 2.75) is 0 Å². The minimum Gasteiger partial charge on any atom is -0.310 e. The first-order chi connectivity index (χ1) is 30.4. The van der Waals surface area contributed by atoms with Crippen LogP contribution in [-0.4, -0.2) is 0 Å². The highest BCUT2D eigenvalue weighted by atomic mass is 15.1. The van der Waals surface area contributed by atoms with Crippen molar-refractivity contribution in [1.82, 2.24) is 0 Å². The lowest BCUT2D eigenvalue weighted by Crippen LogP contribution is -2.10. The molecule has 0 atom stereocenters. The summed E-state index contributed by atoms with van der Waals surface area (Å²) in [5.74, 6) is 0. The average molecular weight is 617 g/mol. The summed E-state index contributed by atoms with van der Waals surface area (Å²) in [6.45, 7) is 0. The Morgan fingerprint density at radius 1 is 0.340 bits per heavy atom. The fourth-order valence-electron chi connectivity index (χ4n) is 5.30. The number of anilines is 3. The number of benzene rings is 8. The van der Waals surface area contributed by atoms with E-state index in [0.717, 1.165) is 11.1 Å². The lowest BCUT2D eigenvalue weighted by molar-refractivity contribution is 1.28. The number of fused-ring (bicyclic) bond motifs is 1. The highest BCUT2D eigenvalue weighted by Gasteiger charge is 2.15. The molecule has 1 nitrogen and oxygen atoms in total. The third-order valence-electron chi connectivity index (χ3n) is 7.60. The fourth-order valence-corrected chi connectivity index (χ4v) is 5.30. The number of nitrogens with zero attached hydrogens (tertiary/aromatic N) is 1. The number of hydrogen-bond acceptors (Lipinski definition) is 1. The maximum atomic E-state index is 9.73. The van der Waals surface area contributed by atoms with Crippen molar-refractivity contribution in [1.29, 1.82) is 0 Å². The van der Waals surface area contributed by atoms with Crippen molar-refractivity contribution in [2.75, 3.05) is 4.90 Å². The van der Waals surface area contributed by atoms with Gasteiger partial charge in [-0.3, -0.25) is 0 Å². The Balaban J connectivity index is 1.48. The van der Waals surface area contributed by atoms with Gasteiger partial charge in [0.2, 0.25) is 0 Å². The Bertz CT molecular complexity index is 3150. The van der Waals surface area contributed by atoms with Crippen LogP contribution in [0.5, 0.6) is 0 Å². The van der Waals surface area contributed by atoms with Crippen molar-refractivity contribution in [3.05, 3.63) is 200 Å². The van der Waals surface area contributed by atoms with Crippen LogP contribution in [0.1, 0.15) is 23.3 Å². The molecule has 0 aliphatic carbocycles. The molecule has 0 radical (unpaired) electrons. The van der Waals surface area contributed by atoms with Gasteiger partial charge < -0.3 is 4.90 Å². The summed E-state index contributed by atoms with van der Waals surface area (Å²) in [6.07, 6.45) is 0. The van der Waals surface area contributed by atoms with E-state index in [1.54, 1.807) is 66.7 Å². The maximum absolute atomic E-state index is 9.73. The van der Waals surface area contributed by atoms with Crippen molar-refractivity contribution in [3.8, 4) is 44.5 Å². The first-order valence-corrected chi connectivity index (χ1v) is 14.7. The molecule has 0 spiro atoms. The molecule has 0 N–H and O–H groups in total. The zero-order valence-electron chi connectivity index (χ0n) is 41.7. The molecule has 8 rings (SSSR count). The summed E-state index contributed by atoms with van der Waals surface area (Å²) < 4.78 is 154. The van der Waals surface area contributed by atoms with Gasteiger partial charge in [0.1, 0.15) is 0 Å². The number of hydrogen-bond donors (Lipinski definition) is 0. The summed E-state index contributed by atoms with van der Waals surface area (Å²) in [4.78, 5) is 0.715. The summed E-state index contributed by atoms with van der Waals surface area (Å²) in [5.41, 5.74) is -1.52. The van der Waals surface area contributed by atoms with Crippen molar-refractivity contribution < 1.29 is 23.3 Å². The van der Waals surface area contributed by atoms with E-state index in [0.29, 0.717) is 21.2 Å². The monoisotopic (exact) mass is 616 g/mol. The van der Waals surface area contributed by atoms with E-state index in [9.17, 15) is 13.7 Å². The third kappa shape index (κ3) is 5.83. The lowest BCUT2D eigenvalue weighted by atomic mass is 9.97. The Labute approximate surface area is 300 Å². The molecular weight excluding hydrogens is 567 g/mol. The molecule has 8 aromatic rings. The SMILES string of the molecule is [2H]c1c([2H])c([2H])c(-c2c([2H])c([2H])c(N(c3c([2H])c([2H])c(-c4ccc(-c5ccccc5)cc4)c([2H])c3[2H])c3c([2H])c([2H])c([2H])c(-c4cccc5ccccc45)c3[2H])c([2H])c2[2H])c([2H])c1[2H]. The maximum Gasteiger partial charge on any atom is 0.0651 e. The molecule has 0 aliphatic rings. The van der Waals surface area contributed by atoms with E-state index in [2.05, 4.69) is 0 Å². The van der Waals surface area contributed by atoms with Crippen LogP contribution < -0.4 is 4.90 Å². The minimum atomic E-state index is -0.966. The van der Waals surface area contributed by atoms with E-state index < -0.39 is 131 Å². The minimum absolute atomic E-state index is 0.134. The van der Waals surface area contributed by atoms with E-state index >= 15 is 0 Å². The Hall–Kier alpha value is -6.18. The lowest BCUT2D eigenvalue weighted by Gasteiger charge is -2.26. The van der Waals surface area contributed by atoms with Crippen LogP contribution >= 0.6 is 0 Å². The van der Waals surface area contributed by atoms with Gasteiger partial charge in [0.25, 0.3) is 0 Å². The quantitative estimate of drug-likeness (QED) is 0.172. The van der Waals surface area contributed by atoms with Crippen LogP contribution in [0, 0.1) is 0 Å². The van der Waals surface area contributed by atoms with Crippen LogP contribution in [0.3, 0.4) is 0 Å². The molecule has 0 unspecified atom stereocenters. The Morgan fingerprint density at radius 3 is 1.57 bits per heavy atom. The predicted octanol–water partition coefficient (Wildman–Crippen LogP) is 13.0. The van der Waals surface area contributed by atoms with E-state index in [1.165, 1.54) is 0 Å². The van der Waals surface area contributed by atoms with E-state index in [4.69, 9.17) is 9.60 Å². The summed E-state index contributed by atoms with van der Waals surface area (Å²) >= 11 is 0. The largest absolute Gasteiger partial charge is 0.310 e. The second kappa shape index (κ2) is 12.7. The average Bonchev–Trinajstić information content (AvgIpc) is 3.30. The summed E-state index contributed by atoms with van der Waals surface area (Å²) in [5, 5.41) is 1.26. The zero-order chi connectivity index (χ0) is 46.2. The third-order valence-corrected chi connectivity index (χ3v) is 7.60. The van der Waals surface area contributed by atoms with Crippen LogP contribution in [-0.2, 0) is 0 Å². The molecular formula is C46H33N. The van der Waals surface area contributed by atoms with Crippen LogP contribution in [0.25, 0.3) is 55.3 Å². The molecule has 0 bridgehead atoms. The smallest absolute Gasteiger partial charge is 0.0651 e. The summed E-state index contributed by atoms with van der Waals surface area (Å²) in [7, 11) is 0. The van der Waals surface area contributed by atoms with E-state index in [-0.39, 0.29) is 16.7 Å². The van der Waals surface area contributed by atoms with Gasteiger partial charge in [-0.15, -0.1) is 0 Å². The van der Waals surface area contributed by atoms with Gasteiger partial charge >= 0.3 is 0 Å². The highest BCUT2D eigenvalue weighted by molar-refractivity contribution is 5.97. The second-order valence-electron chi connectivity index (χ2n) is 10.5. The van der Waals surface area contributed by atoms with Gasteiger partial charge in [-0.2, -0.15) is 0 Å². The van der Waals surface area contributed by atoms with Gasteiger partial charge in [0.15, 0.2) is 0 Å². The Kier molecular flexibility index (Phi) is 4.15. The molecule has 0 aliphatic heterocycles. The van der Waals surface area contributed by atoms with Crippen molar-refractivity contribution in [3.63, 3.8) is 0 Å². The molecule has 0 aromatic heterocycles. The van der Waals surface area contributed by atoms with Gasteiger partial charge in [-0.25, -0.2) is 0 Å². The first kappa shape index (κ1) is 15.4. The van der Waals surface area contributed by atoms with Crippen molar-refractivity contribution in [2.24, 2.45) is 0 Å². The predicted molar refractivity (Wildman–Crippen MR) is 200 cm³/mol. The molecule has 8 aromatic carbocycles. The highest BCUT2D eigenvalue weighted by Crippen LogP contribution is 2.39. The van der Waals surface area contributed by atoms with Crippen LogP contribution in [0.2, 0.25) is 0 Å². The van der Waals surface area contributed by atoms with Gasteiger partial charge in [-0.1, -0.05) is 164 Å². The molecule has 1 heteroatoms. The molecule has 0 fully saturated rings. The number of rotatable bonds is 7. The van der Waals surface area contributed by atoms with Crippen molar-refractivity contribution >= 4 is 27.8 Å². The zero-order valence-corrected chi connectivity index (χ0v) is 24.7. The molecule has 47 heavy (non-hydrogen) atoms. The van der Waals surface area contributed by atoms with Gasteiger partial charge in [-0.05, 0) is 91.5 Å². The normalized spacial score (nSPS) is 16.0. The fraction of sp³-hybridized carbons (Fsp3) is 0. The van der Waals surface area contributed by atoms with Crippen LogP contribution in [0.15, 0.2) is 200 Å².